The van der Waals surface area contributed by atoms with Gasteiger partial charge in [-0.25, -0.2) is 17.8 Å². The third kappa shape index (κ3) is 4.97. The number of aliphatic hydroxyl groups excluding tert-OH is 1. The zero-order valence-corrected chi connectivity index (χ0v) is 21.6. The van der Waals surface area contributed by atoms with Crippen LogP contribution in [0.5, 0.6) is 0 Å². The minimum Gasteiger partial charge on any atom is -0.389 e. The summed E-state index contributed by atoms with van der Waals surface area (Å²) in [6, 6.07) is 5.83. The van der Waals surface area contributed by atoms with Gasteiger partial charge in [-0.3, -0.25) is 14.2 Å². The predicted octanol–water partition coefficient (Wildman–Crippen LogP) is 2.68. The number of carbonyl (C=O) groups is 1. The standard InChI is InChI=1S/C27H29FN2O6S/c1-15-16(2)26-21(27(33)30(14-29-26)23-5-6-36-11-25(23)32)10-19(15)7-17-3-4-20(22(28)8-17)24(31)9-18-12-37(34,35)13-18/h3-4,8,10,14,18,23,25,32H,5-7,9,11-13H2,1-2H3/t23-,25-/m0/s1. The van der Waals surface area contributed by atoms with Crippen molar-refractivity contribution in [2.75, 3.05) is 24.7 Å². The third-order valence-corrected chi connectivity index (χ3v) is 9.54. The van der Waals surface area contributed by atoms with Crippen LogP contribution in [0.2, 0.25) is 0 Å². The zero-order chi connectivity index (χ0) is 26.5. The summed E-state index contributed by atoms with van der Waals surface area (Å²) in [6.45, 7) is 4.44. The molecular weight excluding hydrogens is 499 g/mol. The lowest BCUT2D eigenvalue weighted by molar-refractivity contribution is -0.0395. The summed E-state index contributed by atoms with van der Waals surface area (Å²) in [6.07, 6.45) is 1.56. The van der Waals surface area contributed by atoms with Gasteiger partial charge in [-0.05, 0) is 73.1 Å². The van der Waals surface area contributed by atoms with Crippen LogP contribution in [0.3, 0.4) is 0 Å². The topological polar surface area (TPSA) is 116 Å². The van der Waals surface area contributed by atoms with Crippen molar-refractivity contribution in [1.82, 2.24) is 9.55 Å². The van der Waals surface area contributed by atoms with E-state index in [1.165, 1.54) is 23.0 Å². The van der Waals surface area contributed by atoms with Crippen molar-refractivity contribution in [1.29, 1.82) is 0 Å². The molecule has 0 saturated carbocycles. The second-order valence-electron chi connectivity index (χ2n) is 10.2. The van der Waals surface area contributed by atoms with Crippen LogP contribution in [0.15, 0.2) is 35.4 Å². The molecule has 5 rings (SSSR count). The van der Waals surface area contributed by atoms with Crippen LogP contribution in [0.4, 0.5) is 4.39 Å². The van der Waals surface area contributed by atoms with Gasteiger partial charge in [0, 0.05) is 13.0 Å². The highest BCUT2D eigenvalue weighted by atomic mass is 32.2. The van der Waals surface area contributed by atoms with Crippen molar-refractivity contribution in [3.8, 4) is 0 Å². The number of benzene rings is 2. The molecule has 2 fully saturated rings. The van der Waals surface area contributed by atoms with Gasteiger partial charge in [-0.2, -0.15) is 0 Å². The minimum absolute atomic E-state index is 0.0135. The number of rotatable bonds is 6. The first-order valence-corrected chi connectivity index (χ1v) is 14.1. The number of aryl methyl sites for hydroxylation is 1. The molecule has 0 spiro atoms. The van der Waals surface area contributed by atoms with Crippen molar-refractivity contribution in [2.24, 2.45) is 5.92 Å². The number of carbonyl (C=O) groups excluding carboxylic acids is 1. The van der Waals surface area contributed by atoms with Gasteiger partial charge in [0.2, 0.25) is 0 Å². The monoisotopic (exact) mass is 528 g/mol. The Morgan fingerprint density at radius 1 is 1.22 bits per heavy atom. The van der Waals surface area contributed by atoms with E-state index in [1.54, 1.807) is 12.1 Å². The van der Waals surface area contributed by atoms with Crippen LogP contribution in [0.25, 0.3) is 10.9 Å². The molecule has 37 heavy (non-hydrogen) atoms. The summed E-state index contributed by atoms with van der Waals surface area (Å²) in [5, 5.41) is 10.8. The molecule has 0 radical (unpaired) electrons. The Morgan fingerprint density at radius 3 is 2.65 bits per heavy atom. The minimum atomic E-state index is -3.04. The van der Waals surface area contributed by atoms with Crippen molar-refractivity contribution in [3.05, 3.63) is 74.6 Å². The molecule has 2 aliphatic rings. The quantitative estimate of drug-likeness (QED) is 0.489. The first kappa shape index (κ1) is 25.7. The Hall–Kier alpha value is -2.95. The maximum atomic E-state index is 14.9. The van der Waals surface area contributed by atoms with Crippen molar-refractivity contribution in [3.63, 3.8) is 0 Å². The van der Waals surface area contributed by atoms with E-state index in [2.05, 4.69) is 4.98 Å². The SMILES string of the molecule is Cc1c(Cc2ccc(C(=O)CC3CS(=O)(=O)C3)c(F)c2)cc2c(=O)n([C@H]3CCOC[C@@H]3O)cnc2c1C. The summed E-state index contributed by atoms with van der Waals surface area (Å²) in [4.78, 5) is 30.4. The van der Waals surface area contributed by atoms with Crippen LogP contribution in [-0.4, -0.2) is 59.7 Å². The average Bonchev–Trinajstić information content (AvgIpc) is 2.82. The Morgan fingerprint density at radius 2 is 1.97 bits per heavy atom. The van der Waals surface area contributed by atoms with E-state index >= 15 is 0 Å². The molecule has 0 aliphatic carbocycles. The maximum absolute atomic E-state index is 14.9. The lowest BCUT2D eigenvalue weighted by atomic mass is 9.93. The molecule has 1 aromatic heterocycles. The second-order valence-corrected chi connectivity index (χ2v) is 12.4. The van der Waals surface area contributed by atoms with Crippen LogP contribution >= 0.6 is 0 Å². The van der Waals surface area contributed by atoms with Gasteiger partial charge in [0.05, 0.1) is 53.1 Å². The molecule has 8 nitrogen and oxygen atoms in total. The second kappa shape index (κ2) is 9.74. The van der Waals surface area contributed by atoms with Crippen molar-refractivity contribution in [2.45, 2.75) is 45.3 Å². The van der Waals surface area contributed by atoms with E-state index in [-0.39, 0.29) is 41.6 Å². The van der Waals surface area contributed by atoms with Gasteiger partial charge in [0.1, 0.15) is 5.82 Å². The fourth-order valence-corrected chi connectivity index (χ4v) is 6.92. The lowest BCUT2D eigenvalue weighted by Gasteiger charge is -2.29. The fourth-order valence-electron chi connectivity index (χ4n) is 5.34. The van der Waals surface area contributed by atoms with Gasteiger partial charge in [0.25, 0.3) is 5.56 Å². The smallest absolute Gasteiger partial charge is 0.261 e. The van der Waals surface area contributed by atoms with Gasteiger partial charge in [-0.1, -0.05) is 6.07 Å². The predicted molar refractivity (Wildman–Crippen MR) is 136 cm³/mol. The van der Waals surface area contributed by atoms with Gasteiger partial charge in [0.15, 0.2) is 15.6 Å². The molecule has 3 aromatic rings. The van der Waals surface area contributed by atoms with Crippen molar-refractivity contribution < 1.29 is 27.4 Å². The zero-order valence-electron chi connectivity index (χ0n) is 20.7. The van der Waals surface area contributed by atoms with E-state index in [0.29, 0.717) is 35.9 Å². The van der Waals surface area contributed by atoms with E-state index < -0.39 is 33.6 Å². The largest absolute Gasteiger partial charge is 0.389 e. The molecule has 2 atom stereocenters. The Labute approximate surface area is 214 Å². The first-order valence-electron chi connectivity index (χ1n) is 12.3. The van der Waals surface area contributed by atoms with E-state index in [1.807, 2.05) is 13.8 Å². The Kier molecular flexibility index (Phi) is 6.76. The fraction of sp³-hybridized carbons (Fsp3) is 0.444. The van der Waals surface area contributed by atoms with Crippen molar-refractivity contribution >= 4 is 26.5 Å². The molecule has 10 heteroatoms. The highest BCUT2D eigenvalue weighted by Gasteiger charge is 2.35. The molecule has 196 valence electrons. The molecule has 3 heterocycles. The molecule has 0 bridgehead atoms. The van der Waals surface area contributed by atoms with E-state index in [4.69, 9.17) is 4.74 Å². The number of ether oxygens (including phenoxy) is 1. The Bertz CT molecular complexity index is 1550. The number of nitrogens with zero attached hydrogens (tertiary/aromatic N) is 2. The number of ketones is 1. The number of fused-ring (bicyclic) bond motifs is 1. The summed E-state index contributed by atoms with van der Waals surface area (Å²) >= 11 is 0. The van der Waals surface area contributed by atoms with Crippen LogP contribution in [0.1, 0.15) is 51.5 Å². The number of hydrogen-bond acceptors (Lipinski definition) is 7. The summed E-state index contributed by atoms with van der Waals surface area (Å²) in [5.41, 5.74) is 3.58. The number of halogens is 1. The number of aliphatic hydroxyl groups is 1. The average molecular weight is 529 g/mol. The molecule has 0 unspecified atom stereocenters. The van der Waals surface area contributed by atoms with E-state index in [9.17, 15) is 27.5 Å². The number of hydrogen-bond donors (Lipinski definition) is 1. The summed E-state index contributed by atoms with van der Waals surface area (Å²) < 4.78 is 44.3. The highest BCUT2D eigenvalue weighted by Crippen LogP contribution is 2.28. The Balaban J connectivity index is 1.42. The van der Waals surface area contributed by atoms with Gasteiger partial charge < -0.3 is 9.84 Å². The summed E-state index contributed by atoms with van der Waals surface area (Å²) in [7, 11) is -3.04. The highest BCUT2D eigenvalue weighted by molar-refractivity contribution is 7.92. The normalized spacial score (nSPS) is 21.6. The lowest BCUT2D eigenvalue weighted by Crippen LogP contribution is -2.39. The first-order chi connectivity index (χ1) is 17.5. The molecule has 2 saturated heterocycles. The van der Waals surface area contributed by atoms with E-state index in [0.717, 1.165) is 16.7 Å². The summed E-state index contributed by atoms with van der Waals surface area (Å²) in [5.74, 6) is -1.34. The van der Waals surface area contributed by atoms with Crippen LogP contribution < -0.4 is 5.56 Å². The van der Waals surface area contributed by atoms with Gasteiger partial charge in [-0.15, -0.1) is 0 Å². The number of sulfone groups is 1. The molecule has 1 N–H and O–H groups in total. The number of Topliss-reactive ketones (excluding diaryl/α,β-unsaturated/α-hetero) is 1. The third-order valence-electron chi connectivity index (χ3n) is 7.58. The molecule has 0 amide bonds. The maximum Gasteiger partial charge on any atom is 0.261 e. The molecule has 2 aromatic carbocycles. The van der Waals surface area contributed by atoms with Crippen LogP contribution in [0, 0.1) is 25.6 Å². The number of aromatic nitrogens is 2. The molecule has 2 aliphatic heterocycles. The molecular formula is C27H29FN2O6S. The van der Waals surface area contributed by atoms with Crippen LogP contribution in [-0.2, 0) is 21.0 Å². The van der Waals surface area contributed by atoms with Gasteiger partial charge >= 0.3 is 0 Å².